The zero-order valence-electron chi connectivity index (χ0n) is 9.29. The summed E-state index contributed by atoms with van der Waals surface area (Å²) in [4.78, 5) is 4.65. The quantitative estimate of drug-likeness (QED) is 0.777. The normalized spacial score (nSPS) is 37.2. The number of rotatable bonds is 3. The van der Waals surface area contributed by atoms with Crippen LogP contribution in [0, 0.1) is 11.8 Å². The molecule has 0 amide bonds. The molecule has 0 aromatic carbocycles. The number of hydrogen-bond donors (Lipinski definition) is 1. The number of aliphatic imine (C=N–C) groups is 1. The van der Waals surface area contributed by atoms with Crippen molar-refractivity contribution >= 4 is 16.9 Å². The average molecular weight is 212 g/mol. The first kappa shape index (κ1) is 10.3. The largest absolute Gasteiger partial charge is 0.361 e. The van der Waals surface area contributed by atoms with Crippen LogP contribution in [0.25, 0.3) is 0 Å². The zero-order valence-corrected chi connectivity index (χ0v) is 10.1. The van der Waals surface area contributed by atoms with Crippen molar-refractivity contribution in [2.45, 2.75) is 44.9 Å². The minimum absolute atomic E-state index is 0.579. The lowest BCUT2D eigenvalue weighted by atomic mass is 10.1. The van der Waals surface area contributed by atoms with Crippen molar-refractivity contribution < 1.29 is 0 Å². The number of thioether (sulfide) groups is 1. The maximum atomic E-state index is 4.65. The number of nitrogens with one attached hydrogen (secondary N) is 1. The molecule has 1 saturated heterocycles. The second-order valence-corrected chi connectivity index (χ2v) is 6.08. The van der Waals surface area contributed by atoms with Gasteiger partial charge >= 0.3 is 0 Å². The smallest absolute Gasteiger partial charge is 0.157 e. The molecule has 1 aliphatic carbocycles. The van der Waals surface area contributed by atoms with Crippen molar-refractivity contribution in [1.82, 2.24) is 5.32 Å². The minimum atomic E-state index is 0.579. The van der Waals surface area contributed by atoms with E-state index in [0.29, 0.717) is 11.3 Å². The highest BCUT2D eigenvalue weighted by Crippen LogP contribution is 2.36. The molecule has 14 heavy (non-hydrogen) atoms. The van der Waals surface area contributed by atoms with E-state index in [9.17, 15) is 0 Å². The van der Waals surface area contributed by atoms with E-state index < -0.39 is 0 Å². The molecule has 1 saturated carbocycles. The molecule has 3 atom stereocenters. The molecule has 0 spiro atoms. The van der Waals surface area contributed by atoms with Crippen LogP contribution in [-0.4, -0.2) is 23.0 Å². The Balaban J connectivity index is 1.80. The molecular formula is C11H20N2S. The van der Waals surface area contributed by atoms with Gasteiger partial charge in [-0.25, -0.2) is 0 Å². The Labute approximate surface area is 90.9 Å². The third kappa shape index (κ3) is 2.44. The molecule has 0 aromatic rings. The molecule has 2 aliphatic rings. The van der Waals surface area contributed by atoms with Crippen molar-refractivity contribution in [2.75, 3.05) is 6.54 Å². The van der Waals surface area contributed by atoms with Gasteiger partial charge < -0.3 is 5.32 Å². The third-order valence-corrected chi connectivity index (χ3v) is 4.55. The lowest BCUT2D eigenvalue weighted by molar-refractivity contribution is 0.522. The summed E-state index contributed by atoms with van der Waals surface area (Å²) >= 11 is 1.89. The van der Waals surface area contributed by atoms with Crippen LogP contribution in [0.4, 0.5) is 0 Å². The Hall–Kier alpha value is -0.180. The second-order valence-electron chi connectivity index (χ2n) is 4.72. The molecule has 80 valence electrons. The van der Waals surface area contributed by atoms with Gasteiger partial charge in [-0.15, -0.1) is 0 Å². The highest BCUT2D eigenvalue weighted by molar-refractivity contribution is 8.14. The van der Waals surface area contributed by atoms with Crippen LogP contribution in [-0.2, 0) is 0 Å². The summed E-state index contributed by atoms with van der Waals surface area (Å²) in [6, 6.07) is 0.579. The van der Waals surface area contributed by atoms with Gasteiger partial charge in [0, 0.05) is 17.8 Å². The second kappa shape index (κ2) is 4.13. The molecule has 1 heterocycles. The number of nitrogens with zero attached hydrogens (tertiary/aromatic N) is 1. The summed E-state index contributed by atoms with van der Waals surface area (Å²) in [5.41, 5.74) is 0. The number of amidine groups is 1. The van der Waals surface area contributed by atoms with E-state index in [1.807, 2.05) is 11.8 Å². The van der Waals surface area contributed by atoms with E-state index >= 15 is 0 Å². The van der Waals surface area contributed by atoms with Crippen molar-refractivity contribution in [1.29, 1.82) is 0 Å². The van der Waals surface area contributed by atoms with Gasteiger partial charge in [-0.2, -0.15) is 0 Å². The fraction of sp³-hybridized carbons (Fsp3) is 0.909. The van der Waals surface area contributed by atoms with E-state index in [4.69, 9.17) is 0 Å². The van der Waals surface area contributed by atoms with E-state index in [1.165, 1.54) is 12.8 Å². The molecule has 2 fully saturated rings. The van der Waals surface area contributed by atoms with Gasteiger partial charge in [0.05, 0.1) is 0 Å². The predicted octanol–water partition coefficient (Wildman–Crippen LogP) is 2.50. The SMILES string of the molecule is CC(CN=C1NC(C)C(C)S1)C1CC1. The molecule has 1 N–H and O–H groups in total. The highest BCUT2D eigenvalue weighted by Gasteiger charge is 2.28. The monoisotopic (exact) mass is 212 g/mol. The van der Waals surface area contributed by atoms with Gasteiger partial charge in [0.25, 0.3) is 0 Å². The Morgan fingerprint density at radius 3 is 2.71 bits per heavy atom. The van der Waals surface area contributed by atoms with Gasteiger partial charge in [-0.1, -0.05) is 25.6 Å². The highest BCUT2D eigenvalue weighted by atomic mass is 32.2. The molecular weight excluding hydrogens is 192 g/mol. The Bertz CT molecular complexity index is 223. The first-order valence-corrected chi connectivity index (χ1v) is 6.52. The predicted molar refractivity (Wildman–Crippen MR) is 63.8 cm³/mol. The van der Waals surface area contributed by atoms with Crippen LogP contribution in [0.5, 0.6) is 0 Å². The van der Waals surface area contributed by atoms with Crippen molar-refractivity contribution in [2.24, 2.45) is 16.8 Å². The van der Waals surface area contributed by atoms with Crippen LogP contribution in [0.1, 0.15) is 33.6 Å². The zero-order chi connectivity index (χ0) is 10.1. The Morgan fingerprint density at radius 1 is 1.50 bits per heavy atom. The van der Waals surface area contributed by atoms with E-state index in [2.05, 4.69) is 31.1 Å². The fourth-order valence-electron chi connectivity index (χ4n) is 1.75. The third-order valence-electron chi connectivity index (χ3n) is 3.30. The summed E-state index contributed by atoms with van der Waals surface area (Å²) in [6.45, 7) is 7.83. The summed E-state index contributed by atoms with van der Waals surface area (Å²) in [5.74, 6) is 1.76. The average Bonchev–Trinajstić information content (AvgIpc) is 2.92. The molecule has 0 radical (unpaired) electrons. The van der Waals surface area contributed by atoms with Crippen molar-refractivity contribution in [3.8, 4) is 0 Å². The lowest BCUT2D eigenvalue weighted by Gasteiger charge is -2.06. The summed E-state index contributed by atoms with van der Waals surface area (Å²) in [6.07, 6.45) is 2.86. The topological polar surface area (TPSA) is 24.4 Å². The van der Waals surface area contributed by atoms with Crippen LogP contribution in [0.2, 0.25) is 0 Å². The summed E-state index contributed by atoms with van der Waals surface area (Å²) in [5, 5.41) is 5.27. The Kier molecular flexibility index (Phi) is 3.05. The van der Waals surface area contributed by atoms with Crippen LogP contribution < -0.4 is 5.32 Å². The molecule has 3 unspecified atom stereocenters. The van der Waals surface area contributed by atoms with Gasteiger partial charge in [-0.3, -0.25) is 4.99 Å². The van der Waals surface area contributed by atoms with E-state index in [1.54, 1.807) is 0 Å². The van der Waals surface area contributed by atoms with E-state index in [0.717, 1.165) is 23.5 Å². The van der Waals surface area contributed by atoms with Gasteiger partial charge in [0.1, 0.15) is 0 Å². The molecule has 2 nitrogen and oxygen atoms in total. The summed E-state index contributed by atoms with van der Waals surface area (Å²) < 4.78 is 0. The van der Waals surface area contributed by atoms with E-state index in [-0.39, 0.29) is 0 Å². The van der Waals surface area contributed by atoms with Crippen molar-refractivity contribution in [3.05, 3.63) is 0 Å². The van der Waals surface area contributed by atoms with Crippen LogP contribution in [0.15, 0.2) is 4.99 Å². The first-order valence-electron chi connectivity index (χ1n) is 5.64. The molecule has 0 bridgehead atoms. The molecule has 2 rings (SSSR count). The first-order chi connectivity index (χ1) is 6.66. The Morgan fingerprint density at radius 2 is 2.21 bits per heavy atom. The summed E-state index contributed by atoms with van der Waals surface area (Å²) in [7, 11) is 0. The lowest BCUT2D eigenvalue weighted by Crippen LogP contribution is -2.26. The number of hydrogen-bond acceptors (Lipinski definition) is 2. The van der Waals surface area contributed by atoms with Gasteiger partial charge in [0.15, 0.2) is 5.17 Å². The van der Waals surface area contributed by atoms with Crippen LogP contribution >= 0.6 is 11.8 Å². The minimum Gasteiger partial charge on any atom is -0.361 e. The fourth-order valence-corrected chi connectivity index (χ4v) is 2.78. The van der Waals surface area contributed by atoms with Crippen LogP contribution in [0.3, 0.4) is 0 Å². The standard InChI is InChI=1S/C11H20N2S/c1-7(10-4-5-10)6-12-11-13-8(2)9(3)14-11/h7-10H,4-6H2,1-3H3,(H,12,13). The van der Waals surface area contributed by atoms with Gasteiger partial charge in [0.2, 0.25) is 0 Å². The maximum absolute atomic E-state index is 4.65. The van der Waals surface area contributed by atoms with Crippen molar-refractivity contribution in [3.63, 3.8) is 0 Å². The van der Waals surface area contributed by atoms with Gasteiger partial charge in [-0.05, 0) is 31.6 Å². The molecule has 0 aromatic heterocycles. The molecule has 3 heteroatoms. The maximum Gasteiger partial charge on any atom is 0.157 e. The molecule has 1 aliphatic heterocycles.